The molecule has 9 nitrogen and oxygen atoms in total. The fourth-order valence-corrected chi connectivity index (χ4v) is 1.57. The molecule has 0 saturated carbocycles. The number of carboxylic acid groups (broad SMARTS) is 1. The first-order valence-corrected chi connectivity index (χ1v) is 6.80. The van der Waals surface area contributed by atoms with Gasteiger partial charge in [0.1, 0.15) is 12.1 Å². The summed E-state index contributed by atoms with van der Waals surface area (Å²) in [4.78, 5) is 44.7. The number of hydrogen-bond acceptors (Lipinski definition) is 6. The van der Waals surface area contributed by atoms with Crippen molar-refractivity contribution < 1.29 is 24.3 Å². The van der Waals surface area contributed by atoms with Gasteiger partial charge in [-0.05, 0) is 13.3 Å². The van der Waals surface area contributed by atoms with Crippen molar-refractivity contribution in [3.8, 4) is 0 Å². The molecule has 21 heavy (non-hydrogen) atoms. The number of carboxylic acids is 1. The highest BCUT2D eigenvalue weighted by molar-refractivity contribution is 7.80. The van der Waals surface area contributed by atoms with Crippen molar-refractivity contribution in [3.63, 3.8) is 0 Å². The molecule has 0 rings (SSSR count). The van der Waals surface area contributed by atoms with E-state index in [9.17, 15) is 19.2 Å². The van der Waals surface area contributed by atoms with Gasteiger partial charge in [-0.1, -0.05) is 0 Å². The SMILES string of the molecule is C[C@H](NC(=O)[C@@H](N)CCC(=O)O)C(=O)N[C@@H](CS)C(N)=O. The lowest BCUT2D eigenvalue weighted by molar-refractivity contribution is -0.137. The average molecular weight is 320 g/mol. The van der Waals surface area contributed by atoms with Gasteiger partial charge < -0.3 is 27.2 Å². The number of carbonyl (C=O) groups excluding carboxylic acids is 3. The molecule has 120 valence electrons. The Labute approximate surface area is 127 Å². The molecule has 0 aliphatic carbocycles. The van der Waals surface area contributed by atoms with Gasteiger partial charge in [0.2, 0.25) is 17.7 Å². The Morgan fingerprint density at radius 2 is 1.76 bits per heavy atom. The zero-order valence-corrected chi connectivity index (χ0v) is 12.4. The molecule has 0 saturated heterocycles. The fraction of sp³-hybridized carbons (Fsp3) is 0.636. The van der Waals surface area contributed by atoms with Crippen LogP contribution in [-0.2, 0) is 19.2 Å². The zero-order chi connectivity index (χ0) is 16.6. The van der Waals surface area contributed by atoms with Gasteiger partial charge in [0.25, 0.3) is 0 Å². The van der Waals surface area contributed by atoms with Gasteiger partial charge in [0, 0.05) is 12.2 Å². The molecule has 0 aliphatic heterocycles. The summed E-state index contributed by atoms with van der Waals surface area (Å²) in [5.74, 6) is -3.05. The van der Waals surface area contributed by atoms with Crippen LogP contribution in [0, 0.1) is 0 Å². The maximum absolute atomic E-state index is 11.7. The molecule has 3 amide bonds. The standard InChI is InChI=1S/C11H20N4O5S/c1-5(10(19)15-7(4-21)9(13)18)14-11(20)6(12)2-3-8(16)17/h5-7,21H,2-4,12H2,1H3,(H2,13,18)(H,14,20)(H,15,19)(H,16,17)/t5-,6-,7-/m0/s1. The van der Waals surface area contributed by atoms with Crippen molar-refractivity contribution in [1.82, 2.24) is 10.6 Å². The van der Waals surface area contributed by atoms with Crippen molar-refractivity contribution in [1.29, 1.82) is 0 Å². The molecule has 0 aliphatic rings. The number of hydrogen-bond donors (Lipinski definition) is 6. The molecular weight excluding hydrogens is 300 g/mol. The van der Waals surface area contributed by atoms with Crippen molar-refractivity contribution in [2.24, 2.45) is 11.5 Å². The molecule has 0 fully saturated rings. The summed E-state index contributed by atoms with van der Waals surface area (Å²) in [7, 11) is 0. The predicted molar refractivity (Wildman–Crippen MR) is 77.4 cm³/mol. The minimum atomic E-state index is -1.07. The summed E-state index contributed by atoms with van der Waals surface area (Å²) in [6.45, 7) is 1.40. The van der Waals surface area contributed by atoms with Crippen LogP contribution in [0.2, 0.25) is 0 Å². The summed E-state index contributed by atoms with van der Waals surface area (Å²) in [5.41, 5.74) is 10.5. The summed E-state index contributed by atoms with van der Waals surface area (Å²) in [5, 5.41) is 13.1. The largest absolute Gasteiger partial charge is 0.481 e. The molecule has 7 N–H and O–H groups in total. The molecule has 3 atom stereocenters. The fourth-order valence-electron chi connectivity index (χ4n) is 1.30. The highest BCUT2D eigenvalue weighted by Crippen LogP contribution is 1.96. The average Bonchev–Trinajstić information content (AvgIpc) is 2.40. The number of rotatable bonds is 9. The van der Waals surface area contributed by atoms with Crippen LogP contribution in [0.4, 0.5) is 0 Å². The number of nitrogens with one attached hydrogen (secondary N) is 2. The van der Waals surface area contributed by atoms with Gasteiger partial charge in [0.15, 0.2) is 0 Å². The van der Waals surface area contributed by atoms with E-state index < -0.39 is 41.8 Å². The van der Waals surface area contributed by atoms with Gasteiger partial charge in [-0.2, -0.15) is 12.6 Å². The number of nitrogens with two attached hydrogens (primary N) is 2. The second kappa shape index (κ2) is 9.19. The lowest BCUT2D eigenvalue weighted by Crippen LogP contribution is -2.54. The number of primary amides is 1. The van der Waals surface area contributed by atoms with E-state index in [2.05, 4.69) is 23.3 Å². The maximum Gasteiger partial charge on any atom is 0.303 e. The molecule has 0 aromatic rings. The van der Waals surface area contributed by atoms with E-state index >= 15 is 0 Å². The Kier molecular flexibility index (Phi) is 8.39. The summed E-state index contributed by atoms with van der Waals surface area (Å²) >= 11 is 3.87. The van der Waals surface area contributed by atoms with E-state index in [1.165, 1.54) is 6.92 Å². The number of thiol groups is 1. The minimum absolute atomic E-state index is 0.0276. The predicted octanol–water partition coefficient (Wildman–Crippen LogP) is -2.42. The second-order valence-corrected chi connectivity index (χ2v) is 4.78. The Balaban J connectivity index is 4.36. The molecular formula is C11H20N4O5S. The first-order valence-electron chi connectivity index (χ1n) is 6.17. The van der Waals surface area contributed by atoms with Gasteiger partial charge in [-0.25, -0.2) is 0 Å². The van der Waals surface area contributed by atoms with Gasteiger partial charge in [-0.15, -0.1) is 0 Å². The summed E-state index contributed by atoms with van der Waals surface area (Å²) < 4.78 is 0. The van der Waals surface area contributed by atoms with E-state index in [1.807, 2.05) is 0 Å². The molecule has 0 unspecified atom stereocenters. The lowest BCUT2D eigenvalue weighted by Gasteiger charge is -2.19. The van der Waals surface area contributed by atoms with Crippen LogP contribution in [0.3, 0.4) is 0 Å². The van der Waals surface area contributed by atoms with Crippen LogP contribution < -0.4 is 22.1 Å². The third kappa shape index (κ3) is 7.51. The van der Waals surface area contributed by atoms with Crippen LogP contribution in [0.25, 0.3) is 0 Å². The van der Waals surface area contributed by atoms with Gasteiger partial charge in [0.05, 0.1) is 6.04 Å². The second-order valence-electron chi connectivity index (χ2n) is 4.42. The van der Waals surface area contributed by atoms with E-state index in [0.29, 0.717) is 0 Å². The van der Waals surface area contributed by atoms with E-state index in [0.717, 1.165) is 0 Å². The van der Waals surface area contributed by atoms with Crippen LogP contribution in [0.15, 0.2) is 0 Å². The molecule has 0 aromatic heterocycles. The van der Waals surface area contributed by atoms with Crippen molar-refractivity contribution in [2.75, 3.05) is 5.75 Å². The van der Waals surface area contributed by atoms with E-state index in [4.69, 9.17) is 16.6 Å². The topological polar surface area (TPSA) is 165 Å². The quantitative estimate of drug-likeness (QED) is 0.259. The highest BCUT2D eigenvalue weighted by Gasteiger charge is 2.23. The number of amides is 3. The number of aliphatic carboxylic acids is 1. The van der Waals surface area contributed by atoms with Gasteiger partial charge >= 0.3 is 5.97 Å². The van der Waals surface area contributed by atoms with Crippen molar-refractivity contribution in [3.05, 3.63) is 0 Å². The van der Waals surface area contributed by atoms with Crippen LogP contribution in [0.1, 0.15) is 19.8 Å². The van der Waals surface area contributed by atoms with Crippen molar-refractivity contribution in [2.45, 2.75) is 37.9 Å². The van der Waals surface area contributed by atoms with Crippen molar-refractivity contribution >= 4 is 36.3 Å². The molecule has 0 radical (unpaired) electrons. The maximum atomic E-state index is 11.7. The third-order valence-corrected chi connectivity index (χ3v) is 2.97. The zero-order valence-electron chi connectivity index (χ0n) is 11.5. The summed E-state index contributed by atoms with van der Waals surface area (Å²) in [6, 6.07) is -2.93. The first kappa shape index (κ1) is 19.2. The summed E-state index contributed by atoms with van der Waals surface area (Å²) in [6.07, 6.45) is -0.297. The third-order valence-electron chi connectivity index (χ3n) is 2.60. The molecule has 10 heteroatoms. The number of carbonyl (C=O) groups is 4. The normalized spacial score (nSPS) is 14.6. The Bertz CT molecular complexity index is 417. The smallest absolute Gasteiger partial charge is 0.303 e. The van der Waals surface area contributed by atoms with Crippen LogP contribution >= 0.6 is 12.6 Å². The minimum Gasteiger partial charge on any atom is -0.481 e. The molecule has 0 aromatic carbocycles. The first-order chi connectivity index (χ1) is 9.68. The van der Waals surface area contributed by atoms with Crippen LogP contribution in [-0.4, -0.2) is 52.7 Å². The van der Waals surface area contributed by atoms with E-state index in [-0.39, 0.29) is 18.6 Å². The Hall–Kier alpha value is -1.81. The monoisotopic (exact) mass is 320 g/mol. The Morgan fingerprint density at radius 3 is 2.19 bits per heavy atom. The van der Waals surface area contributed by atoms with Gasteiger partial charge in [-0.3, -0.25) is 19.2 Å². The van der Waals surface area contributed by atoms with E-state index in [1.54, 1.807) is 0 Å². The van der Waals surface area contributed by atoms with Crippen LogP contribution in [0.5, 0.6) is 0 Å². The Morgan fingerprint density at radius 1 is 1.19 bits per heavy atom. The molecule has 0 bridgehead atoms. The lowest BCUT2D eigenvalue weighted by atomic mass is 10.1. The molecule has 0 spiro atoms. The highest BCUT2D eigenvalue weighted by atomic mass is 32.1. The molecule has 0 heterocycles.